The van der Waals surface area contributed by atoms with Gasteiger partial charge in [0.15, 0.2) is 0 Å². The molecule has 7 heteroatoms. The third kappa shape index (κ3) is 3.88. The Balaban J connectivity index is 1.42. The number of halogens is 1. The van der Waals surface area contributed by atoms with E-state index < -0.39 is 0 Å². The minimum atomic E-state index is 0.186. The minimum absolute atomic E-state index is 0.186. The number of carbonyl (C=O) groups is 1. The van der Waals surface area contributed by atoms with Gasteiger partial charge in [0, 0.05) is 50.5 Å². The Labute approximate surface area is 171 Å². The van der Waals surface area contributed by atoms with Crippen molar-refractivity contribution in [3.8, 4) is 0 Å². The first-order valence-electron chi connectivity index (χ1n) is 10.2. The van der Waals surface area contributed by atoms with Gasteiger partial charge in [-0.15, -0.1) is 0 Å². The maximum atomic E-state index is 12.9. The molecular weight excluding hydrogens is 374 g/mol. The molecule has 0 radical (unpaired) electrons. The van der Waals surface area contributed by atoms with Crippen LogP contribution >= 0.6 is 11.6 Å². The summed E-state index contributed by atoms with van der Waals surface area (Å²) in [5.74, 6) is 2.18. The summed E-state index contributed by atoms with van der Waals surface area (Å²) < 4.78 is 2.26. The van der Waals surface area contributed by atoms with Crippen LogP contribution in [0.4, 0.5) is 5.82 Å². The molecule has 0 N–H and O–H groups in total. The number of hydrogen-bond acceptors (Lipinski definition) is 4. The van der Waals surface area contributed by atoms with Gasteiger partial charge in [-0.05, 0) is 55.0 Å². The van der Waals surface area contributed by atoms with Crippen molar-refractivity contribution < 1.29 is 4.79 Å². The zero-order chi connectivity index (χ0) is 19.7. The second-order valence-electron chi connectivity index (χ2n) is 8.21. The second kappa shape index (κ2) is 8.11. The highest BCUT2D eigenvalue weighted by Gasteiger charge is 2.30. The Morgan fingerprint density at radius 3 is 2.64 bits per heavy atom. The molecule has 2 aromatic heterocycles. The molecule has 0 aliphatic carbocycles. The number of carbonyl (C=O) groups excluding carboxylic acids is 1. The lowest BCUT2D eigenvalue weighted by atomic mass is 9.93. The molecule has 0 unspecified atom stereocenters. The van der Waals surface area contributed by atoms with Crippen molar-refractivity contribution in [2.24, 2.45) is 5.92 Å². The van der Waals surface area contributed by atoms with Crippen LogP contribution in [-0.2, 0) is 6.54 Å². The molecule has 1 fully saturated rings. The van der Waals surface area contributed by atoms with E-state index in [9.17, 15) is 4.79 Å². The lowest BCUT2D eigenvalue weighted by Gasteiger charge is -2.35. The van der Waals surface area contributed by atoms with Crippen molar-refractivity contribution in [1.29, 1.82) is 0 Å². The van der Waals surface area contributed by atoms with Gasteiger partial charge in [-0.3, -0.25) is 4.79 Å². The summed E-state index contributed by atoms with van der Waals surface area (Å²) >= 11 is 5.93. The Morgan fingerprint density at radius 1 is 1.14 bits per heavy atom. The number of fused-ring (bicyclic) bond motifs is 1. The summed E-state index contributed by atoms with van der Waals surface area (Å²) in [6.45, 7) is 8.87. The third-order valence-electron chi connectivity index (χ3n) is 5.94. The van der Waals surface area contributed by atoms with Gasteiger partial charge in [-0.1, -0.05) is 13.8 Å². The predicted octanol–water partition coefficient (Wildman–Crippen LogP) is 3.82. The SMILES string of the molecule is CC(C)CCN1CCn2c(ccc2C2CCN(c3ccnc(Cl)n3)CC2)C1=O. The normalized spacial score (nSPS) is 18.1. The molecule has 0 bridgehead atoms. The standard InChI is InChI=1S/C21H28ClN5O/c1-15(2)6-10-26-13-14-27-17(3-4-18(27)20(26)28)16-7-11-25(12-8-16)19-5-9-23-21(22)24-19/h3-5,9,15-16H,6-8,10-14H2,1-2H3. The largest absolute Gasteiger partial charge is 0.356 e. The maximum Gasteiger partial charge on any atom is 0.270 e. The van der Waals surface area contributed by atoms with Crippen LogP contribution in [0.25, 0.3) is 0 Å². The topological polar surface area (TPSA) is 54.3 Å². The lowest BCUT2D eigenvalue weighted by Crippen LogP contribution is -2.41. The van der Waals surface area contributed by atoms with Crippen LogP contribution in [0, 0.1) is 5.92 Å². The van der Waals surface area contributed by atoms with Gasteiger partial charge >= 0.3 is 0 Å². The van der Waals surface area contributed by atoms with Gasteiger partial charge in [0.25, 0.3) is 5.91 Å². The Morgan fingerprint density at radius 2 is 1.93 bits per heavy atom. The number of aromatic nitrogens is 3. The van der Waals surface area contributed by atoms with Crippen LogP contribution in [0.1, 0.15) is 55.2 Å². The van der Waals surface area contributed by atoms with Crippen molar-refractivity contribution >= 4 is 23.3 Å². The highest BCUT2D eigenvalue weighted by atomic mass is 35.5. The first kappa shape index (κ1) is 19.2. The number of piperidine rings is 1. The Hall–Kier alpha value is -2.08. The number of rotatable bonds is 5. The highest BCUT2D eigenvalue weighted by Crippen LogP contribution is 2.32. The van der Waals surface area contributed by atoms with Crippen molar-refractivity contribution in [2.75, 3.05) is 31.1 Å². The number of nitrogens with zero attached hydrogens (tertiary/aromatic N) is 5. The molecule has 4 rings (SSSR count). The highest BCUT2D eigenvalue weighted by molar-refractivity contribution is 6.28. The summed E-state index contributed by atoms with van der Waals surface area (Å²) in [6.07, 6.45) is 4.87. The maximum absolute atomic E-state index is 12.9. The average molecular weight is 402 g/mol. The molecule has 2 aliphatic heterocycles. The van der Waals surface area contributed by atoms with Crippen LogP contribution in [0.15, 0.2) is 24.4 Å². The fourth-order valence-electron chi connectivity index (χ4n) is 4.29. The van der Waals surface area contributed by atoms with Gasteiger partial charge in [0.2, 0.25) is 5.28 Å². The molecule has 2 aromatic rings. The van der Waals surface area contributed by atoms with Crippen LogP contribution in [0.5, 0.6) is 0 Å². The van der Waals surface area contributed by atoms with Gasteiger partial charge in [-0.2, -0.15) is 0 Å². The minimum Gasteiger partial charge on any atom is -0.356 e. The van der Waals surface area contributed by atoms with Crippen molar-refractivity contribution in [1.82, 2.24) is 19.4 Å². The second-order valence-corrected chi connectivity index (χ2v) is 8.55. The average Bonchev–Trinajstić information content (AvgIpc) is 3.12. The van der Waals surface area contributed by atoms with E-state index in [1.54, 1.807) is 6.20 Å². The van der Waals surface area contributed by atoms with E-state index in [0.29, 0.717) is 17.1 Å². The molecule has 0 aromatic carbocycles. The zero-order valence-corrected chi connectivity index (χ0v) is 17.4. The molecule has 1 saturated heterocycles. The molecular formula is C21H28ClN5O. The van der Waals surface area contributed by atoms with E-state index in [-0.39, 0.29) is 5.91 Å². The lowest BCUT2D eigenvalue weighted by molar-refractivity contribution is 0.0694. The van der Waals surface area contributed by atoms with Gasteiger partial charge in [0.05, 0.1) is 0 Å². The van der Waals surface area contributed by atoms with E-state index >= 15 is 0 Å². The molecule has 0 saturated carbocycles. The van der Waals surface area contributed by atoms with Crippen molar-refractivity contribution in [2.45, 2.75) is 45.6 Å². The molecule has 0 atom stereocenters. The zero-order valence-electron chi connectivity index (χ0n) is 16.6. The fraction of sp³-hybridized carbons (Fsp3) is 0.571. The molecule has 4 heterocycles. The van der Waals surface area contributed by atoms with Crippen LogP contribution in [-0.4, -0.2) is 51.5 Å². The van der Waals surface area contributed by atoms with E-state index in [1.165, 1.54) is 5.69 Å². The molecule has 6 nitrogen and oxygen atoms in total. The quantitative estimate of drug-likeness (QED) is 0.715. The predicted molar refractivity (Wildman–Crippen MR) is 111 cm³/mol. The number of anilines is 1. The molecule has 2 aliphatic rings. The number of hydrogen-bond donors (Lipinski definition) is 0. The van der Waals surface area contributed by atoms with E-state index in [0.717, 1.165) is 63.5 Å². The van der Waals surface area contributed by atoms with Crippen LogP contribution < -0.4 is 4.90 Å². The molecule has 1 amide bonds. The van der Waals surface area contributed by atoms with E-state index in [2.05, 4.69) is 39.3 Å². The Kier molecular flexibility index (Phi) is 5.58. The van der Waals surface area contributed by atoms with Gasteiger partial charge in [0.1, 0.15) is 11.5 Å². The summed E-state index contributed by atoms with van der Waals surface area (Å²) in [5, 5.41) is 0.292. The summed E-state index contributed by atoms with van der Waals surface area (Å²) in [4.78, 5) is 25.4. The van der Waals surface area contributed by atoms with Crippen LogP contribution in [0.3, 0.4) is 0 Å². The third-order valence-corrected chi connectivity index (χ3v) is 6.12. The van der Waals surface area contributed by atoms with E-state index in [4.69, 9.17) is 11.6 Å². The summed E-state index contributed by atoms with van der Waals surface area (Å²) in [7, 11) is 0. The molecule has 150 valence electrons. The monoisotopic (exact) mass is 401 g/mol. The van der Waals surface area contributed by atoms with Gasteiger partial charge < -0.3 is 14.4 Å². The summed E-state index contributed by atoms with van der Waals surface area (Å²) in [6, 6.07) is 6.10. The van der Waals surface area contributed by atoms with Crippen molar-refractivity contribution in [3.05, 3.63) is 41.1 Å². The van der Waals surface area contributed by atoms with Crippen molar-refractivity contribution in [3.63, 3.8) is 0 Å². The smallest absolute Gasteiger partial charge is 0.270 e. The fourth-order valence-corrected chi connectivity index (χ4v) is 4.44. The first-order valence-corrected chi connectivity index (χ1v) is 10.6. The van der Waals surface area contributed by atoms with E-state index in [1.807, 2.05) is 17.0 Å². The van der Waals surface area contributed by atoms with Crippen LogP contribution in [0.2, 0.25) is 5.28 Å². The first-order chi connectivity index (χ1) is 13.5. The molecule has 0 spiro atoms. The molecule has 28 heavy (non-hydrogen) atoms. The Bertz CT molecular complexity index is 841. The summed E-state index contributed by atoms with van der Waals surface area (Å²) in [5.41, 5.74) is 2.17. The number of amides is 1. The van der Waals surface area contributed by atoms with Gasteiger partial charge in [-0.25, -0.2) is 9.97 Å².